The van der Waals surface area contributed by atoms with Gasteiger partial charge in [0.05, 0.1) is 10.0 Å². The first-order chi connectivity index (χ1) is 8.18. The van der Waals surface area contributed by atoms with Crippen LogP contribution in [0.3, 0.4) is 0 Å². The minimum Gasteiger partial charge on any atom is -0.380 e. The van der Waals surface area contributed by atoms with Gasteiger partial charge in [0, 0.05) is 16.7 Å². The van der Waals surface area contributed by atoms with Crippen LogP contribution < -0.4 is 5.32 Å². The molecule has 0 aliphatic carbocycles. The van der Waals surface area contributed by atoms with E-state index in [9.17, 15) is 0 Å². The summed E-state index contributed by atoms with van der Waals surface area (Å²) in [5.41, 5.74) is 2.01. The monoisotopic (exact) mass is 329 g/mol. The molecule has 1 N–H and O–H groups in total. The van der Waals surface area contributed by atoms with Crippen molar-refractivity contribution in [3.8, 4) is 0 Å². The van der Waals surface area contributed by atoms with Crippen LogP contribution in [0.5, 0.6) is 0 Å². The third-order valence-corrected chi connectivity index (χ3v) is 3.92. The van der Waals surface area contributed by atoms with Crippen LogP contribution in [0, 0.1) is 0 Å². The first-order valence-electron chi connectivity index (χ1n) is 5.10. The van der Waals surface area contributed by atoms with Crippen LogP contribution in [-0.4, -0.2) is 0 Å². The minimum absolute atomic E-state index is 0.582. The maximum atomic E-state index is 6.12. The summed E-state index contributed by atoms with van der Waals surface area (Å²) in [7, 11) is 0. The van der Waals surface area contributed by atoms with Gasteiger partial charge in [-0.05, 0) is 39.7 Å². The van der Waals surface area contributed by atoms with Crippen LogP contribution in [0.1, 0.15) is 5.56 Å². The minimum atomic E-state index is 0.582. The summed E-state index contributed by atoms with van der Waals surface area (Å²) in [4.78, 5) is 0. The summed E-state index contributed by atoms with van der Waals surface area (Å²) in [5, 5.41) is 4.49. The highest BCUT2D eigenvalue weighted by atomic mass is 79.9. The molecule has 2 aromatic rings. The fraction of sp³-hybridized carbons (Fsp3) is 0.0769. The van der Waals surface area contributed by atoms with Crippen molar-refractivity contribution in [2.75, 3.05) is 5.32 Å². The average Bonchev–Trinajstić information content (AvgIpc) is 2.33. The molecule has 0 saturated carbocycles. The fourth-order valence-corrected chi connectivity index (χ4v) is 2.29. The van der Waals surface area contributed by atoms with Gasteiger partial charge in [-0.25, -0.2) is 0 Å². The smallest absolute Gasteiger partial charge is 0.0642 e. The molecule has 0 amide bonds. The molecule has 0 fully saturated rings. The van der Waals surface area contributed by atoms with Gasteiger partial charge in [0.15, 0.2) is 0 Å². The molecule has 0 unspecified atom stereocenters. The Morgan fingerprint density at radius 1 is 1.00 bits per heavy atom. The Kier molecular flexibility index (Phi) is 4.32. The van der Waals surface area contributed by atoms with Gasteiger partial charge >= 0.3 is 0 Å². The molecule has 0 aromatic heterocycles. The van der Waals surface area contributed by atoms with E-state index in [-0.39, 0.29) is 0 Å². The second kappa shape index (κ2) is 5.76. The Morgan fingerprint density at radius 2 is 1.76 bits per heavy atom. The molecule has 2 aromatic carbocycles. The molecule has 0 bridgehead atoms. The molecule has 1 nitrogen and oxygen atoms in total. The molecule has 0 heterocycles. The molecule has 17 heavy (non-hydrogen) atoms. The van der Waals surface area contributed by atoms with E-state index in [2.05, 4.69) is 21.2 Å². The lowest BCUT2D eigenvalue weighted by atomic mass is 10.2. The topological polar surface area (TPSA) is 12.0 Å². The van der Waals surface area contributed by atoms with Gasteiger partial charge in [-0.2, -0.15) is 0 Å². The number of nitrogens with one attached hydrogen (secondary N) is 1. The van der Waals surface area contributed by atoms with Gasteiger partial charge < -0.3 is 5.32 Å². The number of rotatable bonds is 3. The zero-order valence-corrected chi connectivity index (χ0v) is 12.0. The quantitative estimate of drug-likeness (QED) is 0.797. The van der Waals surface area contributed by atoms with Crippen LogP contribution in [0.4, 0.5) is 5.69 Å². The lowest BCUT2D eigenvalue weighted by Gasteiger charge is -2.10. The third kappa shape index (κ3) is 3.15. The molecule has 2 rings (SSSR count). The standard InChI is InChI=1S/C13H10BrCl2N/c14-10-5-1-2-7-12(10)17-8-9-4-3-6-11(15)13(9)16/h1-7,17H,8H2. The largest absolute Gasteiger partial charge is 0.380 e. The molecule has 4 heteroatoms. The molecule has 0 aliphatic heterocycles. The van der Waals surface area contributed by atoms with Crippen molar-refractivity contribution in [1.29, 1.82) is 0 Å². The van der Waals surface area contributed by atoms with E-state index < -0.39 is 0 Å². The number of hydrogen-bond acceptors (Lipinski definition) is 1. The summed E-state index contributed by atoms with van der Waals surface area (Å²) < 4.78 is 1.03. The first kappa shape index (κ1) is 12.7. The van der Waals surface area contributed by atoms with Gasteiger partial charge in [-0.3, -0.25) is 0 Å². The molecule has 0 atom stereocenters. The second-order valence-electron chi connectivity index (χ2n) is 3.55. The van der Waals surface area contributed by atoms with Crippen molar-refractivity contribution in [2.24, 2.45) is 0 Å². The summed E-state index contributed by atoms with van der Waals surface area (Å²) >= 11 is 15.6. The number of halogens is 3. The molecule has 0 radical (unpaired) electrons. The predicted molar refractivity (Wildman–Crippen MR) is 77.9 cm³/mol. The lowest BCUT2D eigenvalue weighted by molar-refractivity contribution is 1.15. The highest BCUT2D eigenvalue weighted by molar-refractivity contribution is 9.10. The van der Waals surface area contributed by atoms with Gasteiger partial charge in [-0.15, -0.1) is 0 Å². The summed E-state index contributed by atoms with van der Waals surface area (Å²) in [5.74, 6) is 0. The molecule has 0 saturated heterocycles. The predicted octanol–water partition coefficient (Wildman–Crippen LogP) is 5.37. The first-order valence-corrected chi connectivity index (χ1v) is 6.64. The number of benzene rings is 2. The molecule has 88 valence electrons. The van der Waals surface area contributed by atoms with E-state index >= 15 is 0 Å². The Bertz CT molecular complexity index is 529. The van der Waals surface area contributed by atoms with Crippen molar-refractivity contribution in [3.63, 3.8) is 0 Å². The number of hydrogen-bond donors (Lipinski definition) is 1. The fourth-order valence-electron chi connectivity index (χ4n) is 1.48. The van der Waals surface area contributed by atoms with E-state index in [4.69, 9.17) is 23.2 Å². The van der Waals surface area contributed by atoms with Gasteiger partial charge in [-0.1, -0.05) is 47.5 Å². The summed E-state index contributed by atoms with van der Waals surface area (Å²) in [6.07, 6.45) is 0. The molecule has 0 spiro atoms. The Balaban J connectivity index is 2.13. The average molecular weight is 331 g/mol. The highest BCUT2D eigenvalue weighted by Crippen LogP contribution is 2.27. The van der Waals surface area contributed by atoms with Crippen molar-refractivity contribution in [2.45, 2.75) is 6.54 Å². The zero-order valence-electron chi connectivity index (χ0n) is 8.88. The molecule has 0 aliphatic rings. The zero-order chi connectivity index (χ0) is 12.3. The van der Waals surface area contributed by atoms with Crippen LogP contribution in [0.25, 0.3) is 0 Å². The van der Waals surface area contributed by atoms with Gasteiger partial charge in [0.25, 0.3) is 0 Å². The van der Waals surface area contributed by atoms with E-state index in [1.54, 1.807) is 6.07 Å². The number of para-hydroxylation sites is 1. The van der Waals surface area contributed by atoms with Gasteiger partial charge in [0.1, 0.15) is 0 Å². The van der Waals surface area contributed by atoms with Gasteiger partial charge in [0.2, 0.25) is 0 Å². The molecular weight excluding hydrogens is 321 g/mol. The normalized spacial score (nSPS) is 10.3. The van der Waals surface area contributed by atoms with Crippen LogP contribution in [0.2, 0.25) is 10.0 Å². The maximum Gasteiger partial charge on any atom is 0.0642 e. The summed E-state index contributed by atoms with van der Waals surface area (Å²) in [6, 6.07) is 13.6. The third-order valence-electron chi connectivity index (χ3n) is 2.37. The van der Waals surface area contributed by atoms with Crippen molar-refractivity contribution in [3.05, 3.63) is 62.5 Å². The van der Waals surface area contributed by atoms with E-state index in [1.165, 1.54) is 0 Å². The second-order valence-corrected chi connectivity index (χ2v) is 5.19. The van der Waals surface area contributed by atoms with Crippen molar-refractivity contribution < 1.29 is 0 Å². The Labute approximate surface area is 119 Å². The maximum absolute atomic E-state index is 6.12. The molecular formula is C13H10BrCl2N. The summed E-state index contributed by atoms with van der Waals surface area (Å²) in [6.45, 7) is 0.641. The van der Waals surface area contributed by atoms with E-state index in [1.807, 2.05) is 36.4 Å². The van der Waals surface area contributed by atoms with Crippen LogP contribution >= 0.6 is 39.1 Å². The Hall–Kier alpha value is -0.700. The lowest BCUT2D eigenvalue weighted by Crippen LogP contribution is -2.00. The van der Waals surface area contributed by atoms with Crippen molar-refractivity contribution >= 4 is 44.8 Å². The van der Waals surface area contributed by atoms with Crippen LogP contribution in [-0.2, 0) is 6.54 Å². The van der Waals surface area contributed by atoms with Crippen LogP contribution in [0.15, 0.2) is 46.9 Å². The highest BCUT2D eigenvalue weighted by Gasteiger charge is 2.04. The van der Waals surface area contributed by atoms with Crippen molar-refractivity contribution in [1.82, 2.24) is 0 Å². The number of anilines is 1. The Morgan fingerprint density at radius 3 is 2.53 bits per heavy atom. The van der Waals surface area contributed by atoms with E-state index in [0.717, 1.165) is 15.7 Å². The van der Waals surface area contributed by atoms with E-state index in [0.29, 0.717) is 16.6 Å². The SMILES string of the molecule is Clc1cccc(CNc2ccccc2Br)c1Cl.